The van der Waals surface area contributed by atoms with Gasteiger partial charge < -0.3 is 25.8 Å². The number of amidine groups is 1. The molecule has 0 saturated carbocycles. The number of ether oxygens (including phenoxy) is 1. The summed E-state index contributed by atoms with van der Waals surface area (Å²) in [4.78, 5) is 31.3. The molecule has 0 spiro atoms. The third kappa shape index (κ3) is 6.68. The molecule has 2 aromatic carbocycles. The lowest BCUT2D eigenvalue weighted by Crippen LogP contribution is -2.43. The molecule has 0 saturated heterocycles. The van der Waals surface area contributed by atoms with Gasteiger partial charge in [-0.15, -0.1) is 0 Å². The molecule has 1 atom stereocenters. The molecular weight excluding hydrogens is 432 g/mol. The number of nitrogens with one attached hydrogen (secondary N) is 1. The van der Waals surface area contributed by atoms with E-state index >= 15 is 0 Å². The SMILES string of the molecule is CC(C)CC(C(=O)N=C(N)/C=C\NCCCO)N1CC(Oc2cccc3ccccc23)=CC1=O. The quantitative estimate of drug-likeness (QED) is 0.267. The van der Waals surface area contributed by atoms with E-state index in [-0.39, 0.29) is 30.8 Å². The fourth-order valence-corrected chi connectivity index (χ4v) is 3.72. The molecule has 1 aliphatic rings. The van der Waals surface area contributed by atoms with Gasteiger partial charge in [0.2, 0.25) is 0 Å². The standard InChI is InChI=1S/C26H32N4O4/c1-18(2)15-22(26(33)29-24(27)11-13-28-12-6-14-31)30-17-20(16-25(30)32)34-23-10-5-8-19-7-3-4-9-21(19)23/h3-5,7-11,13,16,18,22,28,31H,6,12,14-15,17H2,1-2H3,(H2,27,29,33)/b13-11-. The largest absolute Gasteiger partial charge is 0.459 e. The number of amides is 2. The van der Waals surface area contributed by atoms with Crippen molar-refractivity contribution in [2.24, 2.45) is 16.6 Å². The van der Waals surface area contributed by atoms with Crippen LogP contribution in [-0.2, 0) is 9.59 Å². The topological polar surface area (TPSA) is 117 Å². The van der Waals surface area contributed by atoms with Crippen LogP contribution in [0.3, 0.4) is 0 Å². The summed E-state index contributed by atoms with van der Waals surface area (Å²) >= 11 is 0. The number of aliphatic hydroxyl groups is 1. The van der Waals surface area contributed by atoms with E-state index < -0.39 is 11.9 Å². The zero-order chi connectivity index (χ0) is 24.5. The molecule has 0 bridgehead atoms. The van der Waals surface area contributed by atoms with Gasteiger partial charge in [-0.05, 0) is 36.3 Å². The lowest BCUT2D eigenvalue weighted by Gasteiger charge is -2.26. The van der Waals surface area contributed by atoms with Crippen molar-refractivity contribution in [2.75, 3.05) is 19.7 Å². The number of benzene rings is 2. The molecule has 1 unspecified atom stereocenters. The Morgan fingerprint density at radius 2 is 2.03 bits per heavy atom. The van der Waals surface area contributed by atoms with Crippen LogP contribution >= 0.6 is 0 Å². The van der Waals surface area contributed by atoms with E-state index in [1.807, 2.05) is 56.3 Å². The number of aliphatic imine (C=N–C) groups is 1. The summed E-state index contributed by atoms with van der Waals surface area (Å²) in [5, 5.41) is 13.7. The van der Waals surface area contributed by atoms with Crippen LogP contribution in [0.15, 0.2) is 71.6 Å². The van der Waals surface area contributed by atoms with Crippen molar-refractivity contribution in [1.29, 1.82) is 0 Å². The molecule has 0 aromatic heterocycles. The minimum absolute atomic E-state index is 0.0436. The molecule has 0 aliphatic carbocycles. The number of hydrogen-bond acceptors (Lipinski definition) is 5. The molecule has 34 heavy (non-hydrogen) atoms. The summed E-state index contributed by atoms with van der Waals surface area (Å²) in [7, 11) is 0. The minimum Gasteiger partial charge on any atom is -0.459 e. The van der Waals surface area contributed by atoms with Crippen molar-refractivity contribution in [3.8, 4) is 5.75 Å². The molecule has 0 fully saturated rings. The maximum absolute atomic E-state index is 13.0. The summed E-state index contributed by atoms with van der Waals surface area (Å²) in [5.74, 6) is 0.585. The molecular formula is C26H32N4O4. The molecule has 0 radical (unpaired) electrons. The number of carbonyl (C=O) groups is 2. The Kier molecular flexibility index (Phi) is 8.81. The second-order valence-electron chi connectivity index (χ2n) is 8.54. The number of fused-ring (bicyclic) bond motifs is 1. The number of nitrogens with two attached hydrogens (primary N) is 1. The first-order valence-corrected chi connectivity index (χ1v) is 11.4. The smallest absolute Gasteiger partial charge is 0.270 e. The summed E-state index contributed by atoms with van der Waals surface area (Å²) in [5.41, 5.74) is 5.89. The third-order valence-corrected chi connectivity index (χ3v) is 5.33. The fraction of sp³-hybridized carbons (Fsp3) is 0.346. The van der Waals surface area contributed by atoms with Gasteiger partial charge >= 0.3 is 0 Å². The van der Waals surface area contributed by atoms with Gasteiger partial charge in [0.25, 0.3) is 11.8 Å². The van der Waals surface area contributed by atoms with Crippen LogP contribution in [0.2, 0.25) is 0 Å². The van der Waals surface area contributed by atoms with Gasteiger partial charge in [0.05, 0.1) is 6.54 Å². The van der Waals surface area contributed by atoms with Crippen LogP contribution in [-0.4, -0.2) is 53.4 Å². The van der Waals surface area contributed by atoms with E-state index in [0.29, 0.717) is 30.9 Å². The van der Waals surface area contributed by atoms with Gasteiger partial charge in [0.15, 0.2) is 0 Å². The number of nitrogens with zero attached hydrogens (tertiary/aromatic N) is 2. The Morgan fingerprint density at radius 1 is 1.26 bits per heavy atom. The highest BCUT2D eigenvalue weighted by Gasteiger charge is 2.34. The van der Waals surface area contributed by atoms with Gasteiger partial charge in [0, 0.05) is 30.8 Å². The molecule has 3 rings (SSSR count). The lowest BCUT2D eigenvalue weighted by molar-refractivity contribution is -0.134. The van der Waals surface area contributed by atoms with Gasteiger partial charge in [-0.3, -0.25) is 9.59 Å². The molecule has 2 aromatic rings. The Hall–Kier alpha value is -3.65. The second kappa shape index (κ2) is 12.0. The van der Waals surface area contributed by atoms with Crippen molar-refractivity contribution in [3.63, 3.8) is 0 Å². The first kappa shape index (κ1) is 25.0. The lowest BCUT2D eigenvalue weighted by atomic mass is 10.0. The van der Waals surface area contributed by atoms with Gasteiger partial charge in [0.1, 0.15) is 23.4 Å². The van der Waals surface area contributed by atoms with Crippen LogP contribution in [0.4, 0.5) is 0 Å². The average molecular weight is 465 g/mol. The summed E-state index contributed by atoms with van der Waals surface area (Å²) in [6.45, 7) is 4.82. The Bertz CT molecular complexity index is 1100. The maximum Gasteiger partial charge on any atom is 0.270 e. The minimum atomic E-state index is -0.744. The third-order valence-electron chi connectivity index (χ3n) is 5.33. The summed E-state index contributed by atoms with van der Waals surface area (Å²) < 4.78 is 6.08. The normalized spacial score (nSPS) is 15.3. The van der Waals surface area contributed by atoms with Crippen LogP contribution in [0.1, 0.15) is 26.7 Å². The van der Waals surface area contributed by atoms with Crippen LogP contribution in [0.5, 0.6) is 5.75 Å². The van der Waals surface area contributed by atoms with Crippen LogP contribution in [0, 0.1) is 5.92 Å². The van der Waals surface area contributed by atoms with Crippen LogP contribution in [0.25, 0.3) is 10.8 Å². The molecule has 4 N–H and O–H groups in total. The monoisotopic (exact) mass is 464 g/mol. The molecule has 1 aliphatic heterocycles. The number of aliphatic hydroxyl groups excluding tert-OH is 1. The first-order valence-electron chi connectivity index (χ1n) is 11.4. The van der Waals surface area contributed by atoms with E-state index in [0.717, 1.165) is 10.8 Å². The predicted octanol–water partition coefficient (Wildman–Crippen LogP) is 2.73. The van der Waals surface area contributed by atoms with Crippen molar-refractivity contribution in [1.82, 2.24) is 10.2 Å². The number of hydrogen-bond donors (Lipinski definition) is 3. The zero-order valence-electron chi connectivity index (χ0n) is 19.6. The molecule has 2 amide bonds. The summed E-state index contributed by atoms with van der Waals surface area (Å²) in [6.07, 6.45) is 5.55. The van der Waals surface area contributed by atoms with Crippen LogP contribution < -0.4 is 15.8 Å². The van der Waals surface area contributed by atoms with Crippen molar-refractivity contribution >= 4 is 28.4 Å². The van der Waals surface area contributed by atoms with E-state index in [2.05, 4.69) is 10.3 Å². The van der Waals surface area contributed by atoms with Crippen molar-refractivity contribution in [3.05, 3.63) is 66.6 Å². The molecule has 180 valence electrons. The predicted molar refractivity (Wildman–Crippen MR) is 133 cm³/mol. The molecule has 8 nitrogen and oxygen atoms in total. The number of rotatable bonds is 11. The van der Waals surface area contributed by atoms with Gasteiger partial charge in [-0.1, -0.05) is 50.2 Å². The van der Waals surface area contributed by atoms with Crippen molar-refractivity contribution < 1.29 is 19.4 Å². The Balaban J connectivity index is 1.71. The van der Waals surface area contributed by atoms with E-state index in [9.17, 15) is 9.59 Å². The van der Waals surface area contributed by atoms with E-state index in [1.54, 1.807) is 6.20 Å². The molecule has 8 heteroatoms. The first-order chi connectivity index (χ1) is 16.4. The maximum atomic E-state index is 13.0. The van der Waals surface area contributed by atoms with Crippen molar-refractivity contribution in [2.45, 2.75) is 32.7 Å². The fourth-order valence-electron chi connectivity index (χ4n) is 3.72. The Labute approximate surface area is 199 Å². The highest BCUT2D eigenvalue weighted by atomic mass is 16.5. The van der Waals surface area contributed by atoms with E-state index in [4.69, 9.17) is 15.6 Å². The van der Waals surface area contributed by atoms with Gasteiger partial charge in [-0.2, -0.15) is 4.99 Å². The zero-order valence-corrected chi connectivity index (χ0v) is 19.6. The highest BCUT2D eigenvalue weighted by molar-refractivity contribution is 6.03. The number of carbonyl (C=O) groups excluding carboxylic acids is 2. The summed E-state index contributed by atoms with van der Waals surface area (Å²) in [6, 6.07) is 12.9. The average Bonchev–Trinajstić information content (AvgIpc) is 3.17. The molecule has 1 heterocycles. The highest BCUT2D eigenvalue weighted by Crippen LogP contribution is 2.29. The Morgan fingerprint density at radius 3 is 2.79 bits per heavy atom. The van der Waals surface area contributed by atoms with E-state index in [1.165, 1.54) is 17.1 Å². The van der Waals surface area contributed by atoms with Gasteiger partial charge in [-0.25, -0.2) is 0 Å². The second-order valence-corrected chi connectivity index (χ2v) is 8.54.